The third-order valence-electron chi connectivity index (χ3n) is 2.31. The molecule has 0 saturated carbocycles. The quantitative estimate of drug-likeness (QED) is 0.690. The molecule has 100 valence electrons. The van der Waals surface area contributed by atoms with E-state index in [2.05, 4.69) is 10.2 Å². The van der Waals surface area contributed by atoms with E-state index in [0.29, 0.717) is 5.01 Å². The van der Waals surface area contributed by atoms with E-state index in [1.165, 1.54) is 0 Å². The summed E-state index contributed by atoms with van der Waals surface area (Å²) in [6, 6.07) is 1.15. The van der Waals surface area contributed by atoms with Crippen LogP contribution < -0.4 is 5.73 Å². The summed E-state index contributed by atoms with van der Waals surface area (Å²) in [6.07, 6.45) is 0. The number of nitrogens with two attached hydrogens (primary N) is 1. The molecule has 0 aliphatic heterocycles. The maximum absolute atomic E-state index is 13.9. The molecule has 2 N–H and O–H groups in total. The Hall–Kier alpha value is -2.00. The van der Waals surface area contributed by atoms with Crippen molar-refractivity contribution in [2.75, 3.05) is 0 Å². The van der Waals surface area contributed by atoms with Crippen LogP contribution in [0.2, 0.25) is 0 Å². The van der Waals surface area contributed by atoms with Gasteiger partial charge in [-0.15, -0.1) is 10.2 Å². The first-order valence-electron chi connectivity index (χ1n) is 5.13. The van der Waals surface area contributed by atoms with Crippen LogP contribution in [0.15, 0.2) is 12.1 Å². The third kappa shape index (κ3) is 2.42. The zero-order valence-electron chi connectivity index (χ0n) is 9.63. The van der Waals surface area contributed by atoms with E-state index < -0.39 is 33.9 Å². The molecule has 19 heavy (non-hydrogen) atoms. The summed E-state index contributed by atoms with van der Waals surface area (Å²) in [5.74, 6) is -2.20. The number of hydrogen-bond donors (Lipinski definition) is 1. The highest BCUT2D eigenvalue weighted by molar-refractivity contribution is 7.14. The first-order valence-corrected chi connectivity index (χ1v) is 5.95. The monoisotopic (exact) mass is 286 g/mol. The molecule has 0 aliphatic rings. The van der Waals surface area contributed by atoms with Gasteiger partial charge in [0.05, 0.1) is 16.5 Å². The number of aromatic nitrogens is 2. The molecular weight excluding hydrogens is 278 g/mol. The Morgan fingerprint density at radius 1 is 1.42 bits per heavy atom. The Labute approximate surface area is 110 Å². The van der Waals surface area contributed by atoms with Crippen LogP contribution in [0, 0.1) is 21.7 Å². The van der Waals surface area contributed by atoms with E-state index in [4.69, 9.17) is 5.73 Å². The second-order valence-electron chi connectivity index (χ2n) is 3.75. The van der Waals surface area contributed by atoms with E-state index in [9.17, 15) is 18.9 Å². The second kappa shape index (κ2) is 4.94. The lowest BCUT2D eigenvalue weighted by Gasteiger charge is -2.01. The second-order valence-corrected chi connectivity index (χ2v) is 4.76. The number of hydrogen-bond acceptors (Lipinski definition) is 6. The lowest BCUT2D eigenvalue weighted by atomic mass is 10.2. The highest BCUT2D eigenvalue weighted by atomic mass is 32.1. The minimum atomic E-state index is -1.27. The molecule has 0 fully saturated rings. The number of nitro groups is 1. The topological polar surface area (TPSA) is 94.9 Å². The first kappa shape index (κ1) is 13.4. The van der Waals surface area contributed by atoms with Crippen molar-refractivity contribution < 1.29 is 13.7 Å². The summed E-state index contributed by atoms with van der Waals surface area (Å²) in [4.78, 5) is 9.70. The Balaban J connectivity index is 2.60. The van der Waals surface area contributed by atoms with Gasteiger partial charge in [-0.2, -0.15) is 4.39 Å². The molecule has 0 bridgehead atoms. The minimum absolute atomic E-state index is 0.0778. The average molecular weight is 286 g/mol. The summed E-state index contributed by atoms with van der Waals surface area (Å²) >= 11 is 0.893. The van der Waals surface area contributed by atoms with Gasteiger partial charge < -0.3 is 5.73 Å². The Bertz CT molecular complexity index is 644. The van der Waals surface area contributed by atoms with Crippen molar-refractivity contribution in [3.63, 3.8) is 0 Å². The van der Waals surface area contributed by atoms with Crippen molar-refractivity contribution in [2.45, 2.75) is 13.0 Å². The largest absolute Gasteiger partial charge is 0.322 e. The van der Waals surface area contributed by atoms with Crippen molar-refractivity contribution in [3.8, 4) is 10.6 Å². The molecule has 1 atom stereocenters. The van der Waals surface area contributed by atoms with Gasteiger partial charge in [-0.1, -0.05) is 11.3 Å². The highest BCUT2D eigenvalue weighted by Crippen LogP contribution is 2.34. The number of nitrogens with zero attached hydrogens (tertiary/aromatic N) is 3. The Kier molecular flexibility index (Phi) is 3.49. The molecule has 0 aliphatic carbocycles. The van der Waals surface area contributed by atoms with Gasteiger partial charge in [0.2, 0.25) is 5.82 Å². The van der Waals surface area contributed by atoms with Gasteiger partial charge in [0.1, 0.15) is 10.8 Å². The zero-order chi connectivity index (χ0) is 14.2. The first-order chi connectivity index (χ1) is 8.91. The smallest absolute Gasteiger partial charge is 0.305 e. The molecule has 0 saturated heterocycles. The maximum Gasteiger partial charge on any atom is 0.305 e. The molecule has 9 heteroatoms. The van der Waals surface area contributed by atoms with E-state index in [1.54, 1.807) is 6.92 Å². The van der Waals surface area contributed by atoms with E-state index in [1.807, 2.05) is 0 Å². The van der Waals surface area contributed by atoms with Gasteiger partial charge in [-0.25, -0.2) is 4.39 Å². The molecule has 0 spiro atoms. The summed E-state index contributed by atoms with van der Waals surface area (Å²) in [5.41, 5.74) is 4.20. The lowest BCUT2D eigenvalue weighted by molar-refractivity contribution is -0.387. The van der Waals surface area contributed by atoms with Crippen molar-refractivity contribution in [2.24, 2.45) is 5.73 Å². The van der Waals surface area contributed by atoms with Gasteiger partial charge in [-0.05, 0) is 13.0 Å². The molecule has 2 aromatic rings. The van der Waals surface area contributed by atoms with Crippen molar-refractivity contribution >= 4 is 17.0 Å². The summed E-state index contributed by atoms with van der Waals surface area (Å²) in [6.45, 7) is 1.64. The molecule has 1 aromatic carbocycles. The molecule has 6 nitrogen and oxygen atoms in total. The van der Waals surface area contributed by atoms with Crippen LogP contribution in [0.4, 0.5) is 14.5 Å². The molecule has 1 heterocycles. The van der Waals surface area contributed by atoms with Crippen molar-refractivity contribution in [1.82, 2.24) is 10.2 Å². The highest BCUT2D eigenvalue weighted by Gasteiger charge is 2.25. The van der Waals surface area contributed by atoms with Gasteiger partial charge in [0.15, 0.2) is 5.01 Å². The van der Waals surface area contributed by atoms with Crippen LogP contribution in [-0.4, -0.2) is 15.1 Å². The molecule has 0 radical (unpaired) electrons. The van der Waals surface area contributed by atoms with E-state index in [-0.39, 0.29) is 5.01 Å². The predicted octanol–water partition coefficient (Wildman–Crippen LogP) is 2.41. The van der Waals surface area contributed by atoms with Gasteiger partial charge in [0.25, 0.3) is 0 Å². The molecule has 0 amide bonds. The average Bonchev–Trinajstić information content (AvgIpc) is 2.78. The number of halogens is 2. The number of rotatable bonds is 3. The minimum Gasteiger partial charge on any atom is -0.322 e. The van der Waals surface area contributed by atoms with Crippen LogP contribution in [0.25, 0.3) is 10.6 Å². The van der Waals surface area contributed by atoms with Crippen LogP contribution in [-0.2, 0) is 0 Å². The van der Waals surface area contributed by atoms with Crippen molar-refractivity contribution in [3.05, 3.63) is 38.9 Å². The Morgan fingerprint density at radius 2 is 2.11 bits per heavy atom. The Morgan fingerprint density at radius 3 is 2.63 bits per heavy atom. The summed E-state index contributed by atoms with van der Waals surface area (Å²) < 4.78 is 27.5. The van der Waals surface area contributed by atoms with Crippen LogP contribution >= 0.6 is 11.3 Å². The van der Waals surface area contributed by atoms with Gasteiger partial charge in [-0.3, -0.25) is 10.1 Å². The lowest BCUT2D eigenvalue weighted by Crippen LogP contribution is -2.03. The predicted molar refractivity (Wildman–Crippen MR) is 64.5 cm³/mol. The number of nitro benzene ring substituents is 1. The molecule has 1 unspecified atom stereocenters. The number of benzene rings is 1. The van der Waals surface area contributed by atoms with Gasteiger partial charge in [0, 0.05) is 6.07 Å². The normalized spacial score (nSPS) is 12.4. The van der Waals surface area contributed by atoms with E-state index in [0.717, 1.165) is 23.5 Å². The van der Waals surface area contributed by atoms with Crippen LogP contribution in [0.1, 0.15) is 18.0 Å². The summed E-state index contributed by atoms with van der Waals surface area (Å²) in [7, 11) is 0. The van der Waals surface area contributed by atoms with Crippen LogP contribution in [0.5, 0.6) is 0 Å². The fraction of sp³-hybridized carbons (Fsp3) is 0.200. The molecule has 1 aromatic heterocycles. The standard InChI is InChI=1S/C10H8F2N4O2S/c1-4(13)9-14-15-10(19-9)7-5(11)2-3-6(8(7)12)16(17)18/h2-4H,13H2,1H3. The van der Waals surface area contributed by atoms with E-state index >= 15 is 0 Å². The van der Waals surface area contributed by atoms with Gasteiger partial charge >= 0.3 is 5.69 Å². The van der Waals surface area contributed by atoms with Crippen LogP contribution in [0.3, 0.4) is 0 Å². The fourth-order valence-electron chi connectivity index (χ4n) is 1.40. The summed E-state index contributed by atoms with van der Waals surface area (Å²) in [5, 5.41) is 18.2. The maximum atomic E-state index is 13.9. The third-order valence-corrected chi connectivity index (χ3v) is 3.45. The van der Waals surface area contributed by atoms with Crippen molar-refractivity contribution in [1.29, 1.82) is 0 Å². The SMILES string of the molecule is CC(N)c1nnc(-c2c(F)ccc([N+](=O)[O-])c2F)s1. The fourth-order valence-corrected chi connectivity index (χ4v) is 2.23. The molecule has 2 rings (SSSR count). The molecular formula is C10H8F2N4O2S. The zero-order valence-corrected chi connectivity index (χ0v) is 10.4.